The van der Waals surface area contributed by atoms with Gasteiger partial charge < -0.3 is 47.4 Å². The highest BCUT2D eigenvalue weighted by molar-refractivity contribution is 5.92. The highest BCUT2D eigenvalue weighted by atomic mass is 19.1. The molecule has 8 aromatic carbocycles. The van der Waals surface area contributed by atoms with Gasteiger partial charge >= 0.3 is 47.8 Å². The standard InChI is InChI=1S/C22H20O5.C20H17FO4.C20H16O5.C20H18O4/c1-15(2)21(23)26-14-13-25-19-9-5-17(6-10-19)18-7-11-20(12-8-18)27-22(24)16(3)4;1-12(2)19(22)24-16-8-5-14(6-9-16)15-7-10-18(17(21)11-15)25-20(23)13(3)4;1-3-19(21)24-14-13-23-17-9-5-15(6-10-17)16-7-11-18(12-8-16)25-20(22)4-2;1-13(2)19(21)23-17-9-5-15(6-10-17)16-7-11-18(12-8-16)24-20(22)14(3)4/h5-14H,1,3H2,2,4H3;5-11H,1,3H2,2,4H3;3-14H,1-2H2;5-12H,1,3H2,2,4H3/b14-13-;;14-13-;. The molecular weight excluding hydrogens is 1290 g/mol. The molecule has 18 nitrogen and oxygen atoms in total. The maximum absolute atomic E-state index is 14.1. The first-order valence-electron chi connectivity index (χ1n) is 30.2. The van der Waals surface area contributed by atoms with Crippen LogP contribution in [0.25, 0.3) is 44.5 Å². The summed E-state index contributed by atoms with van der Waals surface area (Å²) in [6.45, 7) is 37.1. The van der Waals surface area contributed by atoms with Crippen molar-refractivity contribution in [1.29, 1.82) is 0 Å². The number of ether oxygens (including phenoxy) is 10. The van der Waals surface area contributed by atoms with Crippen LogP contribution in [0.2, 0.25) is 0 Å². The number of carbonyl (C=O) groups is 8. The molecule has 0 N–H and O–H groups in total. The summed E-state index contributed by atoms with van der Waals surface area (Å²) in [5.41, 5.74) is 8.88. The van der Waals surface area contributed by atoms with Crippen LogP contribution >= 0.6 is 0 Å². The Morgan fingerprint density at radius 3 is 0.782 bits per heavy atom. The van der Waals surface area contributed by atoms with Gasteiger partial charge in [0.2, 0.25) is 0 Å². The van der Waals surface area contributed by atoms with Crippen LogP contribution in [0.1, 0.15) is 41.5 Å². The van der Waals surface area contributed by atoms with Crippen LogP contribution in [0, 0.1) is 5.82 Å². The van der Waals surface area contributed by atoms with Crippen molar-refractivity contribution >= 4 is 47.8 Å². The Balaban J connectivity index is 0.000000243. The molecule has 8 aromatic rings. The van der Waals surface area contributed by atoms with Crippen molar-refractivity contribution in [2.75, 3.05) is 0 Å². The van der Waals surface area contributed by atoms with E-state index in [0.29, 0.717) is 79.2 Å². The molecule has 514 valence electrons. The fourth-order valence-corrected chi connectivity index (χ4v) is 7.46. The predicted octanol–water partition coefficient (Wildman–Crippen LogP) is 17.6. The molecule has 0 saturated carbocycles. The molecule has 0 atom stereocenters. The monoisotopic (exact) mass is 1360 g/mol. The lowest BCUT2D eigenvalue weighted by molar-refractivity contribution is -0.134. The van der Waals surface area contributed by atoms with E-state index in [2.05, 4.69) is 57.4 Å². The van der Waals surface area contributed by atoms with Crippen LogP contribution < -0.4 is 37.9 Å². The van der Waals surface area contributed by atoms with Gasteiger partial charge in [-0.25, -0.2) is 42.7 Å². The second-order valence-corrected chi connectivity index (χ2v) is 21.4. The number of benzene rings is 8. The number of rotatable bonds is 24. The topological polar surface area (TPSA) is 229 Å². The minimum Gasteiger partial charge on any atom is -0.462 e. The quantitative estimate of drug-likeness (QED) is 0.0237. The molecule has 0 aliphatic rings. The van der Waals surface area contributed by atoms with Crippen LogP contribution in [0.3, 0.4) is 0 Å². The first-order valence-corrected chi connectivity index (χ1v) is 30.2. The molecule has 0 saturated heterocycles. The number of carbonyl (C=O) groups excluding carboxylic acids is 8. The molecule has 101 heavy (non-hydrogen) atoms. The Morgan fingerprint density at radius 2 is 0.515 bits per heavy atom. The van der Waals surface area contributed by atoms with Gasteiger partial charge in [-0.2, -0.15) is 0 Å². The lowest BCUT2D eigenvalue weighted by atomic mass is 10.1. The van der Waals surface area contributed by atoms with Gasteiger partial charge in [-0.05, 0) is 183 Å². The number of hydrogen-bond donors (Lipinski definition) is 0. The van der Waals surface area contributed by atoms with Gasteiger partial charge in [0.25, 0.3) is 0 Å². The molecule has 0 spiro atoms. The molecule has 8 rings (SSSR count). The van der Waals surface area contributed by atoms with Crippen molar-refractivity contribution in [2.45, 2.75) is 41.5 Å². The highest BCUT2D eigenvalue weighted by Crippen LogP contribution is 2.31. The molecule has 0 bridgehead atoms. The zero-order chi connectivity index (χ0) is 74.1. The van der Waals surface area contributed by atoms with E-state index < -0.39 is 53.6 Å². The fourth-order valence-electron chi connectivity index (χ4n) is 7.46. The van der Waals surface area contributed by atoms with E-state index in [1.54, 1.807) is 138 Å². The Kier molecular flexibility index (Phi) is 30.5. The summed E-state index contributed by atoms with van der Waals surface area (Å²) < 4.78 is 64.7. The fraction of sp³-hybridized carbons (Fsp3) is 0.0732. The first-order chi connectivity index (χ1) is 48.1. The second-order valence-electron chi connectivity index (χ2n) is 21.4. The summed E-state index contributed by atoms with van der Waals surface area (Å²) in [6.07, 6.45) is 7.01. The van der Waals surface area contributed by atoms with E-state index >= 15 is 0 Å². The molecule has 0 radical (unpaired) electrons. The Morgan fingerprint density at radius 1 is 0.277 bits per heavy atom. The van der Waals surface area contributed by atoms with E-state index in [0.717, 1.165) is 58.1 Å². The molecule has 0 unspecified atom stereocenters. The maximum atomic E-state index is 14.1. The summed E-state index contributed by atoms with van der Waals surface area (Å²) in [6, 6.07) is 54.0. The lowest BCUT2D eigenvalue weighted by Gasteiger charge is -2.08. The summed E-state index contributed by atoms with van der Waals surface area (Å²) in [4.78, 5) is 90.6. The highest BCUT2D eigenvalue weighted by Gasteiger charge is 2.14. The molecule has 0 aliphatic heterocycles. The Hall–Kier alpha value is -13.6. The zero-order valence-corrected chi connectivity index (χ0v) is 56.2. The summed E-state index contributed by atoms with van der Waals surface area (Å²) in [5, 5.41) is 0. The van der Waals surface area contributed by atoms with Crippen LogP contribution in [-0.4, -0.2) is 47.8 Å². The smallest absolute Gasteiger partial charge is 0.338 e. The third kappa shape index (κ3) is 26.9. The van der Waals surface area contributed by atoms with E-state index in [9.17, 15) is 42.7 Å². The summed E-state index contributed by atoms with van der Waals surface area (Å²) >= 11 is 0. The van der Waals surface area contributed by atoms with E-state index in [1.807, 2.05) is 72.8 Å². The van der Waals surface area contributed by atoms with Crippen molar-refractivity contribution in [3.63, 3.8) is 0 Å². The zero-order valence-electron chi connectivity index (χ0n) is 56.2. The molecule has 0 heterocycles. The van der Waals surface area contributed by atoms with E-state index in [4.69, 9.17) is 42.6 Å². The Labute approximate surface area is 584 Å². The van der Waals surface area contributed by atoms with Gasteiger partial charge in [-0.3, -0.25) is 0 Å². The summed E-state index contributed by atoms with van der Waals surface area (Å²) in [7, 11) is 0. The normalized spacial score (nSPS) is 10.1. The maximum Gasteiger partial charge on any atom is 0.338 e. The second kappa shape index (κ2) is 39.5. The van der Waals surface area contributed by atoms with Crippen LogP contribution in [0.4, 0.5) is 4.39 Å². The molecule has 0 fully saturated rings. The first kappa shape index (κ1) is 78.1. The third-order valence-electron chi connectivity index (χ3n) is 12.8. The van der Waals surface area contributed by atoms with Gasteiger partial charge in [0.05, 0.1) is 0 Å². The van der Waals surface area contributed by atoms with Crippen molar-refractivity contribution < 1.29 is 90.1 Å². The average Bonchev–Trinajstić information content (AvgIpc) is 0.848. The van der Waals surface area contributed by atoms with Crippen molar-refractivity contribution in [2.24, 2.45) is 0 Å². The van der Waals surface area contributed by atoms with Gasteiger partial charge in [-0.15, -0.1) is 0 Å². The molecule has 0 aliphatic carbocycles. The number of halogens is 1. The van der Waals surface area contributed by atoms with Crippen LogP contribution in [0.15, 0.2) is 311 Å². The summed E-state index contributed by atoms with van der Waals surface area (Å²) in [5.74, 6) is -1.58. The van der Waals surface area contributed by atoms with Crippen LogP contribution in [0.5, 0.6) is 46.0 Å². The average molecular weight is 1360 g/mol. The molecule has 0 aromatic heterocycles. The molecule has 19 heteroatoms. The van der Waals surface area contributed by atoms with E-state index in [-0.39, 0.29) is 11.3 Å². The minimum atomic E-state index is -0.685. The van der Waals surface area contributed by atoms with Crippen LogP contribution in [-0.2, 0) is 47.8 Å². The van der Waals surface area contributed by atoms with Gasteiger partial charge in [-0.1, -0.05) is 144 Å². The number of hydrogen-bond acceptors (Lipinski definition) is 18. The SMILES string of the molecule is C=C(C)C(=O)O/C=C\Oc1ccc(-c2ccc(OC(=O)C(=C)C)cc2)cc1.C=C(C)C(=O)Oc1ccc(-c2ccc(OC(=O)C(=C)C)c(F)c2)cc1.C=C(C)C(=O)Oc1ccc(-c2ccc(OC(=O)C(=C)C)cc2)cc1.C=CC(=O)O/C=C\Oc1ccc(-c2ccc(OC(=O)C=C)cc2)cc1. The van der Waals surface area contributed by atoms with Crippen molar-refractivity contribution in [3.8, 4) is 90.5 Å². The van der Waals surface area contributed by atoms with Crippen molar-refractivity contribution in [1.82, 2.24) is 0 Å². The Bertz CT molecular complexity index is 4370. The van der Waals surface area contributed by atoms with Gasteiger partial charge in [0, 0.05) is 45.6 Å². The van der Waals surface area contributed by atoms with Gasteiger partial charge in [0.15, 0.2) is 11.6 Å². The predicted molar refractivity (Wildman–Crippen MR) is 382 cm³/mol. The van der Waals surface area contributed by atoms with Gasteiger partial charge in [0.1, 0.15) is 65.3 Å². The number of esters is 8. The lowest BCUT2D eigenvalue weighted by Crippen LogP contribution is -2.09. The molecular formula is C82H71FO18. The largest absolute Gasteiger partial charge is 0.462 e. The van der Waals surface area contributed by atoms with E-state index in [1.165, 1.54) is 31.6 Å². The molecule has 0 amide bonds. The minimum absolute atomic E-state index is 0.163. The third-order valence-corrected chi connectivity index (χ3v) is 12.8. The van der Waals surface area contributed by atoms with Crippen molar-refractivity contribution in [3.05, 3.63) is 317 Å².